The molecule has 142 valence electrons. The summed E-state index contributed by atoms with van der Waals surface area (Å²) < 4.78 is 5.74. The van der Waals surface area contributed by atoms with Gasteiger partial charge in [-0.25, -0.2) is 4.79 Å². The molecule has 1 aliphatic carbocycles. The van der Waals surface area contributed by atoms with Crippen LogP contribution in [0.3, 0.4) is 0 Å². The molecule has 1 N–H and O–H groups in total. The highest BCUT2D eigenvalue weighted by molar-refractivity contribution is 5.85. The standard InChI is InChI=1S/C23H16N2O4/c26-23(24-19-11-13-20(14-12-19)25(27)28)29-22-15-18-7-2-1-5-16(18)9-10-17-6-3-4-8-21(17)22/h1-8,11-14,22H,15H2,(H,24,26). The number of hydrogen-bond acceptors (Lipinski definition) is 4. The van der Waals surface area contributed by atoms with Crippen LogP contribution in [0.1, 0.15) is 28.4 Å². The van der Waals surface area contributed by atoms with E-state index in [-0.39, 0.29) is 5.69 Å². The van der Waals surface area contributed by atoms with E-state index in [1.54, 1.807) is 0 Å². The van der Waals surface area contributed by atoms with E-state index in [1.807, 2.05) is 48.5 Å². The number of ether oxygens (including phenoxy) is 1. The molecular weight excluding hydrogens is 368 g/mol. The molecule has 6 nitrogen and oxygen atoms in total. The molecule has 29 heavy (non-hydrogen) atoms. The Morgan fingerprint density at radius 2 is 1.62 bits per heavy atom. The van der Waals surface area contributed by atoms with Crippen LogP contribution in [0, 0.1) is 22.0 Å². The van der Waals surface area contributed by atoms with E-state index in [0.717, 1.165) is 22.3 Å². The lowest BCUT2D eigenvalue weighted by molar-refractivity contribution is -0.384. The summed E-state index contributed by atoms with van der Waals surface area (Å²) in [5.41, 5.74) is 3.94. The SMILES string of the molecule is O=C(Nc1ccc([N+](=O)[O-])cc1)OC1Cc2ccccc2C#Cc2ccccc21. The van der Waals surface area contributed by atoms with E-state index in [9.17, 15) is 14.9 Å². The van der Waals surface area contributed by atoms with Gasteiger partial charge in [0, 0.05) is 40.9 Å². The molecule has 0 heterocycles. The number of nitrogens with zero attached hydrogens (tertiary/aromatic N) is 1. The number of nitro groups is 1. The minimum Gasteiger partial charge on any atom is -0.441 e. The van der Waals surface area contributed by atoms with Gasteiger partial charge in [0.15, 0.2) is 0 Å². The van der Waals surface area contributed by atoms with Gasteiger partial charge >= 0.3 is 6.09 Å². The highest BCUT2D eigenvalue weighted by Crippen LogP contribution is 2.29. The van der Waals surface area contributed by atoms with Gasteiger partial charge in [-0.15, -0.1) is 0 Å². The van der Waals surface area contributed by atoms with E-state index in [4.69, 9.17) is 4.74 Å². The number of anilines is 1. The second-order valence-electron chi connectivity index (χ2n) is 6.52. The maximum atomic E-state index is 12.5. The summed E-state index contributed by atoms with van der Waals surface area (Å²) in [4.78, 5) is 22.8. The fourth-order valence-electron chi connectivity index (χ4n) is 3.20. The van der Waals surface area contributed by atoms with E-state index in [2.05, 4.69) is 17.2 Å². The zero-order chi connectivity index (χ0) is 20.2. The fourth-order valence-corrected chi connectivity index (χ4v) is 3.20. The van der Waals surface area contributed by atoms with Crippen LogP contribution in [-0.4, -0.2) is 11.0 Å². The molecule has 6 heteroatoms. The Labute approximate surface area is 167 Å². The molecule has 0 aliphatic heterocycles. The zero-order valence-corrected chi connectivity index (χ0v) is 15.3. The van der Waals surface area contributed by atoms with Crippen molar-refractivity contribution in [2.75, 3.05) is 5.32 Å². The van der Waals surface area contributed by atoms with Crippen molar-refractivity contribution >= 4 is 17.5 Å². The predicted molar refractivity (Wildman–Crippen MR) is 109 cm³/mol. The minimum absolute atomic E-state index is 0.0481. The molecule has 0 fully saturated rings. The molecule has 0 saturated heterocycles. The Bertz CT molecular complexity index is 1140. The first-order valence-electron chi connectivity index (χ1n) is 9.01. The van der Waals surface area contributed by atoms with Gasteiger partial charge in [0.05, 0.1) is 4.92 Å². The van der Waals surface area contributed by atoms with Crippen LogP contribution in [0.25, 0.3) is 0 Å². The number of fused-ring (bicyclic) bond motifs is 2. The predicted octanol–water partition coefficient (Wildman–Crippen LogP) is 4.84. The Hall–Kier alpha value is -4.11. The van der Waals surface area contributed by atoms with E-state index in [1.165, 1.54) is 24.3 Å². The topological polar surface area (TPSA) is 81.5 Å². The van der Waals surface area contributed by atoms with Crippen molar-refractivity contribution in [1.29, 1.82) is 0 Å². The van der Waals surface area contributed by atoms with Crippen molar-refractivity contribution in [1.82, 2.24) is 0 Å². The lowest BCUT2D eigenvalue weighted by atomic mass is 9.92. The van der Waals surface area contributed by atoms with E-state index in [0.29, 0.717) is 12.1 Å². The molecule has 0 radical (unpaired) electrons. The first kappa shape index (κ1) is 18.3. The maximum Gasteiger partial charge on any atom is 0.412 e. The van der Waals surface area contributed by atoms with Crippen LogP contribution >= 0.6 is 0 Å². The van der Waals surface area contributed by atoms with Gasteiger partial charge in [-0.05, 0) is 29.8 Å². The fraction of sp³-hybridized carbons (Fsp3) is 0.0870. The van der Waals surface area contributed by atoms with Crippen LogP contribution in [-0.2, 0) is 11.2 Å². The van der Waals surface area contributed by atoms with Gasteiger partial charge in [0.1, 0.15) is 6.10 Å². The number of non-ortho nitro benzene ring substituents is 1. The van der Waals surface area contributed by atoms with Gasteiger partial charge in [-0.2, -0.15) is 0 Å². The highest BCUT2D eigenvalue weighted by atomic mass is 16.6. The average molecular weight is 384 g/mol. The molecule has 0 saturated carbocycles. The van der Waals surface area contributed by atoms with Gasteiger partial charge in [-0.3, -0.25) is 15.4 Å². The molecule has 1 unspecified atom stereocenters. The number of amides is 1. The van der Waals surface area contributed by atoms with Crippen LogP contribution < -0.4 is 5.32 Å². The molecule has 3 aromatic carbocycles. The summed E-state index contributed by atoms with van der Waals surface area (Å²) in [6.45, 7) is 0. The summed E-state index contributed by atoms with van der Waals surface area (Å²) in [5.74, 6) is 6.35. The normalized spacial score (nSPS) is 14.1. The van der Waals surface area contributed by atoms with Crippen molar-refractivity contribution in [3.63, 3.8) is 0 Å². The lowest BCUT2D eigenvalue weighted by Crippen LogP contribution is -2.20. The van der Waals surface area contributed by atoms with Crippen LogP contribution in [0.2, 0.25) is 0 Å². The second kappa shape index (κ2) is 7.87. The minimum atomic E-state index is -0.635. The van der Waals surface area contributed by atoms with Crippen LogP contribution in [0.4, 0.5) is 16.2 Å². The molecule has 0 spiro atoms. The molecule has 3 aromatic rings. The second-order valence-corrected chi connectivity index (χ2v) is 6.52. The number of benzene rings is 3. The van der Waals surface area contributed by atoms with Crippen molar-refractivity contribution < 1.29 is 14.5 Å². The number of nitro benzene ring substituents is 1. The van der Waals surface area contributed by atoms with Gasteiger partial charge < -0.3 is 4.74 Å². The quantitative estimate of drug-likeness (QED) is 0.398. The summed E-state index contributed by atoms with van der Waals surface area (Å²) in [6, 6.07) is 21.0. The molecule has 0 bridgehead atoms. The van der Waals surface area contributed by atoms with Crippen molar-refractivity contribution in [3.05, 3.63) is 105 Å². The van der Waals surface area contributed by atoms with Crippen molar-refractivity contribution in [2.45, 2.75) is 12.5 Å². The van der Waals surface area contributed by atoms with Gasteiger partial charge in [0.2, 0.25) is 0 Å². The van der Waals surface area contributed by atoms with E-state index < -0.39 is 17.1 Å². The smallest absolute Gasteiger partial charge is 0.412 e. The third-order valence-corrected chi connectivity index (χ3v) is 4.64. The third kappa shape index (κ3) is 4.09. The van der Waals surface area contributed by atoms with Crippen LogP contribution in [0.15, 0.2) is 72.8 Å². The summed E-state index contributed by atoms with van der Waals surface area (Å²) >= 11 is 0. The Morgan fingerprint density at radius 1 is 0.966 bits per heavy atom. The summed E-state index contributed by atoms with van der Waals surface area (Å²) in [6.07, 6.45) is -0.653. The Kier molecular flexibility index (Phi) is 4.95. The van der Waals surface area contributed by atoms with E-state index >= 15 is 0 Å². The summed E-state index contributed by atoms with van der Waals surface area (Å²) in [5, 5.41) is 13.4. The largest absolute Gasteiger partial charge is 0.441 e. The lowest BCUT2D eigenvalue weighted by Gasteiger charge is -2.22. The molecule has 1 amide bonds. The first-order chi connectivity index (χ1) is 14.1. The molecule has 1 aliphatic rings. The molecule has 4 rings (SSSR count). The monoisotopic (exact) mass is 384 g/mol. The van der Waals surface area contributed by atoms with Crippen molar-refractivity contribution in [3.8, 4) is 11.8 Å². The van der Waals surface area contributed by atoms with Crippen molar-refractivity contribution in [2.24, 2.45) is 0 Å². The molecule has 1 atom stereocenters. The van der Waals surface area contributed by atoms with Gasteiger partial charge in [0.25, 0.3) is 5.69 Å². The molecule has 0 aromatic heterocycles. The van der Waals surface area contributed by atoms with Crippen LogP contribution in [0.5, 0.6) is 0 Å². The molecular formula is C23H16N2O4. The zero-order valence-electron chi connectivity index (χ0n) is 15.3. The van der Waals surface area contributed by atoms with Gasteiger partial charge in [-0.1, -0.05) is 48.2 Å². The number of rotatable bonds is 3. The number of carbonyl (C=O) groups is 1. The average Bonchev–Trinajstić information content (AvgIpc) is 2.72. The first-order valence-corrected chi connectivity index (χ1v) is 9.01. The maximum absolute atomic E-state index is 12.5. The number of carbonyl (C=O) groups excluding carboxylic acids is 1. The number of hydrogen-bond donors (Lipinski definition) is 1. The Morgan fingerprint density at radius 3 is 2.38 bits per heavy atom. The Balaban J connectivity index is 1.58. The third-order valence-electron chi connectivity index (χ3n) is 4.64. The number of nitrogens with one attached hydrogen (secondary N) is 1. The highest BCUT2D eigenvalue weighted by Gasteiger charge is 2.22. The summed E-state index contributed by atoms with van der Waals surface area (Å²) in [7, 11) is 0.